The smallest absolute Gasteiger partial charge is 0.225 e. The fourth-order valence-electron chi connectivity index (χ4n) is 6.31. The number of carbonyl (C=O) groups is 1. The van der Waals surface area contributed by atoms with Gasteiger partial charge in [0.15, 0.2) is 0 Å². The molecule has 1 aromatic heterocycles. The van der Waals surface area contributed by atoms with Gasteiger partial charge in [0.05, 0.1) is 17.6 Å². The molecule has 1 aromatic carbocycles. The maximum atomic E-state index is 13.2. The average Bonchev–Trinajstić information content (AvgIpc) is 3.23. The van der Waals surface area contributed by atoms with Crippen molar-refractivity contribution in [3.8, 4) is 0 Å². The maximum absolute atomic E-state index is 13.2. The van der Waals surface area contributed by atoms with Crippen molar-refractivity contribution < 1.29 is 9.90 Å². The molecule has 2 aliphatic rings. The number of thioether (sulfide) groups is 1. The molecule has 0 aliphatic heterocycles. The highest BCUT2D eigenvalue weighted by Crippen LogP contribution is 2.57. The molecule has 2 aromatic rings. The molecule has 2 aliphatic carbocycles. The normalized spacial score (nSPS) is 28.9. The number of likely N-dealkylation sites (N-methyl/N-ethyl adjacent to an activating group) is 2. The third kappa shape index (κ3) is 5.63. The van der Waals surface area contributed by atoms with Gasteiger partial charge in [-0.2, -0.15) is 0 Å². The van der Waals surface area contributed by atoms with Gasteiger partial charge in [0, 0.05) is 41.7 Å². The summed E-state index contributed by atoms with van der Waals surface area (Å²) in [7, 11) is 5.94. The minimum absolute atomic E-state index is 0.00174. The van der Waals surface area contributed by atoms with E-state index in [1.165, 1.54) is 20.5 Å². The second-order valence-electron chi connectivity index (χ2n) is 11.2. The van der Waals surface area contributed by atoms with Gasteiger partial charge >= 0.3 is 0 Å². The molecule has 5 nitrogen and oxygen atoms in total. The lowest BCUT2D eigenvalue weighted by Crippen LogP contribution is -2.53. The SMILES string of the molecule is C[C@H](C(=O)N(C)CCN(C)C)[C@@H]1CC[C@]2(C)Cc3sc(CSc4ccccc4)nc3[C@H](C)[C@@H]2[C@H]1O. The fourth-order valence-corrected chi connectivity index (χ4v) is 8.59. The number of fused-ring (bicyclic) bond motifs is 2. The second kappa shape index (κ2) is 10.9. The van der Waals surface area contributed by atoms with E-state index in [9.17, 15) is 9.90 Å². The molecule has 1 heterocycles. The first-order valence-electron chi connectivity index (χ1n) is 12.8. The standard InChI is InChI=1S/C28H41N3O2S2/c1-18(27(33)31(6)15-14-30(4)5)21-12-13-28(3)16-22-25(19(2)24(28)26(21)32)29-23(35-22)17-34-20-10-8-7-9-11-20/h7-11,18-19,21,24,26,32H,12-17H2,1-6H3/t18-,19+,21-,24+,26-,28+/m0/s1. The summed E-state index contributed by atoms with van der Waals surface area (Å²) in [6.07, 6.45) is 2.45. The van der Waals surface area contributed by atoms with Crippen LogP contribution >= 0.6 is 23.1 Å². The van der Waals surface area contributed by atoms with E-state index in [2.05, 4.69) is 43.0 Å². The van der Waals surface area contributed by atoms with Crippen molar-refractivity contribution in [3.05, 3.63) is 45.9 Å². The van der Waals surface area contributed by atoms with E-state index in [4.69, 9.17) is 4.98 Å². The minimum Gasteiger partial charge on any atom is -0.392 e. The first-order valence-corrected chi connectivity index (χ1v) is 14.6. The predicted octanol–water partition coefficient (Wildman–Crippen LogP) is 5.14. The van der Waals surface area contributed by atoms with E-state index < -0.39 is 6.10 Å². The molecule has 0 unspecified atom stereocenters. The molecule has 0 radical (unpaired) electrons. The first kappa shape index (κ1) is 26.6. The highest BCUT2D eigenvalue weighted by molar-refractivity contribution is 7.98. The Balaban J connectivity index is 1.48. The molecule has 1 amide bonds. The third-order valence-corrected chi connectivity index (χ3v) is 10.6. The van der Waals surface area contributed by atoms with Crippen molar-refractivity contribution in [2.45, 2.75) is 62.7 Å². The summed E-state index contributed by atoms with van der Waals surface area (Å²) in [4.78, 5) is 24.9. The van der Waals surface area contributed by atoms with Crippen LogP contribution in [0.25, 0.3) is 0 Å². The molecule has 192 valence electrons. The van der Waals surface area contributed by atoms with Crippen molar-refractivity contribution in [1.82, 2.24) is 14.8 Å². The summed E-state index contributed by atoms with van der Waals surface area (Å²) in [5.41, 5.74) is 1.24. The van der Waals surface area contributed by atoms with E-state index >= 15 is 0 Å². The monoisotopic (exact) mass is 515 g/mol. The summed E-state index contributed by atoms with van der Waals surface area (Å²) in [6, 6.07) is 10.5. The Bertz CT molecular complexity index is 1010. The van der Waals surface area contributed by atoms with E-state index in [1.807, 2.05) is 62.1 Å². The summed E-state index contributed by atoms with van der Waals surface area (Å²) < 4.78 is 0. The number of carbonyl (C=O) groups excluding carboxylic acids is 1. The number of benzene rings is 1. The maximum Gasteiger partial charge on any atom is 0.225 e. The van der Waals surface area contributed by atoms with Crippen LogP contribution in [0.1, 0.15) is 55.1 Å². The number of hydrogen-bond donors (Lipinski definition) is 1. The van der Waals surface area contributed by atoms with Gasteiger partial charge in [-0.1, -0.05) is 39.0 Å². The number of rotatable bonds is 8. The summed E-state index contributed by atoms with van der Waals surface area (Å²) in [5, 5.41) is 12.9. The Morgan fingerprint density at radius 3 is 2.66 bits per heavy atom. The number of amides is 1. The van der Waals surface area contributed by atoms with Gasteiger partial charge in [-0.3, -0.25) is 4.79 Å². The summed E-state index contributed by atoms with van der Waals surface area (Å²) >= 11 is 3.69. The summed E-state index contributed by atoms with van der Waals surface area (Å²) in [6.45, 7) is 8.17. The highest BCUT2D eigenvalue weighted by atomic mass is 32.2. The quantitative estimate of drug-likeness (QED) is 0.493. The zero-order chi connectivity index (χ0) is 25.3. The Labute approximate surface area is 219 Å². The number of aliphatic hydroxyl groups is 1. The second-order valence-corrected chi connectivity index (χ2v) is 13.4. The van der Waals surface area contributed by atoms with Gasteiger partial charge in [0.25, 0.3) is 0 Å². The third-order valence-electron chi connectivity index (χ3n) is 8.36. The molecular formula is C28H41N3O2S2. The molecule has 6 atom stereocenters. The molecule has 1 saturated carbocycles. The molecule has 1 fully saturated rings. The van der Waals surface area contributed by atoms with Gasteiger partial charge in [0.1, 0.15) is 5.01 Å². The van der Waals surface area contributed by atoms with Crippen molar-refractivity contribution in [3.63, 3.8) is 0 Å². The van der Waals surface area contributed by atoms with Gasteiger partial charge < -0.3 is 14.9 Å². The van der Waals surface area contributed by atoms with Crippen molar-refractivity contribution in [1.29, 1.82) is 0 Å². The largest absolute Gasteiger partial charge is 0.392 e. The number of thiazole rings is 1. The van der Waals surface area contributed by atoms with E-state index in [-0.39, 0.29) is 35.0 Å². The van der Waals surface area contributed by atoms with Gasteiger partial charge in [-0.05, 0) is 62.7 Å². The van der Waals surface area contributed by atoms with Crippen LogP contribution in [-0.4, -0.2) is 66.1 Å². The first-order chi connectivity index (χ1) is 16.6. The number of hydrogen-bond acceptors (Lipinski definition) is 6. The van der Waals surface area contributed by atoms with Crippen LogP contribution in [-0.2, 0) is 17.0 Å². The van der Waals surface area contributed by atoms with E-state index in [0.717, 1.165) is 31.6 Å². The van der Waals surface area contributed by atoms with Crippen molar-refractivity contribution in [2.24, 2.45) is 23.2 Å². The van der Waals surface area contributed by atoms with Crippen LogP contribution in [0, 0.1) is 23.2 Å². The minimum atomic E-state index is -0.484. The lowest BCUT2D eigenvalue weighted by atomic mass is 9.53. The molecule has 7 heteroatoms. The van der Waals surface area contributed by atoms with E-state index in [1.54, 1.807) is 0 Å². The van der Waals surface area contributed by atoms with Crippen LogP contribution in [0.2, 0.25) is 0 Å². The Hall–Kier alpha value is -1.41. The number of aromatic nitrogens is 1. The molecule has 4 rings (SSSR count). The zero-order valence-electron chi connectivity index (χ0n) is 22.0. The van der Waals surface area contributed by atoms with Crippen LogP contribution in [0.5, 0.6) is 0 Å². The van der Waals surface area contributed by atoms with Crippen LogP contribution in [0.15, 0.2) is 35.2 Å². The molecule has 35 heavy (non-hydrogen) atoms. The van der Waals surface area contributed by atoms with Crippen LogP contribution in [0.4, 0.5) is 0 Å². The number of aliphatic hydroxyl groups excluding tert-OH is 1. The van der Waals surface area contributed by atoms with E-state index in [0.29, 0.717) is 6.54 Å². The fraction of sp³-hybridized carbons (Fsp3) is 0.643. The molecule has 1 N–H and O–H groups in total. The van der Waals surface area contributed by atoms with Crippen LogP contribution in [0.3, 0.4) is 0 Å². The molecular weight excluding hydrogens is 474 g/mol. The van der Waals surface area contributed by atoms with Gasteiger partial charge in [-0.15, -0.1) is 23.1 Å². The van der Waals surface area contributed by atoms with Gasteiger partial charge in [-0.25, -0.2) is 4.98 Å². The topological polar surface area (TPSA) is 56.7 Å². The Kier molecular flexibility index (Phi) is 8.31. The van der Waals surface area contributed by atoms with Crippen molar-refractivity contribution in [2.75, 3.05) is 34.2 Å². The summed E-state index contributed by atoms with van der Waals surface area (Å²) in [5.74, 6) is 1.18. The Morgan fingerprint density at radius 2 is 1.97 bits per heavy atom. The van der Waals surface area contributed by atoms with Gasteiger partial charge in [0.2, 0.25) is 5.91 Å². The lowest BCUT2D eigenvalue weighted by Gasteiger charge is -2.53. The predicted molar refractivity (Wildman–Crippen MR) is 146 cm³/mol. The number of nitrogens with zero attached hydrogens (tertiary/aromatic N) is 3. The molecule has 0 bridgehead atoms. The van der Waals surface area contributed by atoms with Crippen LogP contribution < -0.4 is 0 Å². The average molecular weight is 516 g/mol. The molecule has 0 spiro atoms. The zero-order valence-corrected chi connectivity index (χ0v) is 23.7. The lowest BCUT2D eigenvalue weighted by molar-refractivity contribution is -0.143. The van der Waals surface area contributed by atoms with Crippen molar-refractivity contribution >= 4 is 29.0 Å². The molecule has 0 saturated heterocycles. The Morgan fingerprint density at radius 1 is 1.26 bits per heavy atom. The highest BCUT2D eigenvalue weighted by Gasteiger charge is 2.54.